The number of amides is 2. The maximum Gasteiger partial charge on any atom is 0.255 e. The Kier molecular flexibility index (Phi) is 7.64. The highest BCUT2D eigenvalue weighted by Gasteiger charge is 2.26. The molecule has 1 fully saturated rings. The molecule has 2 aromatic rings. The van der Waals surface area contributed by atoms with Gasteiger partial charge >= 0.3 is 0 Å². The molecule has 2 aromatic carbocycles. The Labute approximate surface area is 182 Å². The summed E-state index contributed by atoms with van der Waals surface area (Å²) in [7, 11) is -1.70. The van der Waals surface area contributed by atoms with E-state index in [0.717, 1.165) is 6.42 Å². The monoisotopic (exact) mass is 445 g/mol. The van der Waals surface area contributed by atoms with Gasteiger partial charge in [0.2, 0.25) is 10.0 Å². The van der Waals surface area contributed by atoms with Crippen LogP contribution >= 0.6 is 0 Å². The molecular weight excluding hydrogens is 418 g/mol. The van der Waals surface area contributed by atoms with Crippen LogP contribution in [0.15, 0.2) is 48.5 Å². The van der Waals surface area contributed by atoms with E-state index >= 15 is 0 Å². The molecular formula is C22H27N3O5S. The maximum absolute atomic E-state index is 12.7. The molecule has 2 amide bonds. The fourth-order valence-electron chi connectivity index (χ4n) is 3.36. The number of methoxy groups -OCH3 is 1. The number of carbonyl (C=O) groups excluding carboxylic acids is 2. The van der Waals surface area contributed by atoms with Crippen molar-refractivity contribution in [3.05, 3.63) is 59.7 Å². The summed E-state index contributed by atoms with van der Waals surface area (Å²) in [5, 5.41) is 5.57. The Hall–Kier alpha value is -2.91. The van der Waals surface area contributed by atoms with Crippen molar-refractivity contribution in [1.29, 1.82) is 0 Å². The molecule has 0 atom stereocenters. The summed E-state index contributed by atoms with van der Waals surface area (Å²) >= 11 is 0. The predicted molar refractivity (Wildman–Crippen MR) is 120 cm³/mol. The fourth-order valence-corrected chi connectivity index (χ4v) is 5.00. The molecule has 1 aliphatic rings. The smallest absolute Gasteiger partial charge is 0.255 e. The van der Waals surface area contributed by atoms with Crippen LogP contribution in [0, 0.1) is 0 Å². The quantitative estimate of drug-likeness (QED) is 0.608. The third kappa shape index (κ3) is 5.83. The van der Waals surface area contributed by atoms with Gasteiger partial charge in [0.05, 0.1) is 22.7 Å². The molecule has 1 aliphatic heterocycles. The molecule has 2 N–H and O–H groups in total. The summed E-state index contributed by atoms with van der Waals surface area (Å²) in [6.45, 7) is 1.46. The second-order valence-electron chi connectivity index (χ2n) is 7.24. The van der Waals surface area contributed by atoms with Gasteiger partial charge in [-0.25, -0.2) is 8.42 Å². The lowest BCUT2D eigenvalue weighted by Gasteiger charge is -2.28. The molecule has 0 aromatic heterocycles. The highest BCUT2D eigenvalue weighted by Crippen LogP contribution is 2.24. The molecule has 3 rings (SSSR count). The van der Waals surface area contributed by atoms with Gasteiger partial charge in [0.1, 0.15) is 0 Å². The summed E-state index contributed by atoms with van der Waals surface area (Å²) in [6, 6.07) is 13.2. The standard InChI is InChI=1S/C22H27N3O5S/c1-30-15-6-13-23-22(27)19-7-2-3-8-20(19)24-21(26)17-9-11-18(12-10-17)25-14-4-5-16-31(25,28)29/h2-3,7-12H,4-6,13-16H2,1H3,(H,23,27)(H,24,26). The van der Waals surface area contributed by atoms with Crippen LogP contribution in [0.2, 0.25) is 0 Å². The van der Waals surface area contributed by atoms with Crippen LogP contribution in [0.5, 0.6) is 0 Å². The number of carbonyl (C=O) groups is 2. The van der Waals surface area contributed by atoms with Gasteiger partial charge in [-0.2, -0.15) is 0 Å². The van der Waals surface area contributed by atoms with E-state index in [2.05, 4.69) is 10.6 Å². The van der Waals surface area contributed by atoms with E-state index in [0.29, 0.717) is 55.0 Å². The lowest BCUT2D eigenvalue weighted by atomic mass is 10.1. The minimum Gasteiger partial charge on any atom is -0.385 e. The molecule has 9 heteroatoms. The summed E-state index contributed by atoms with van der Waals surface area (Å²) in [5.41, 5.74) is 1.68. The molecule has 0 aliphatic carbocycles. The van der Waals surface area contributed by atoms with E-state index < -0.39 is 10.0 Å². The van der Waals surface area contributed by atoms with Crippen molar-refractivity contribution in [1.82, 2.24) is 5.32 Å². The van der Waals surface area contributed by atoms with Gasteiger partial charge < -0.3 is 15.4 Å². The van der Waals surface area contributed by atoms with E-state index in [4.69, 9.17) is 4.74 Å². The fraction of sp³-hybridized carbons (Fsp3) is 0.364. The van der Waals surface area contributed by atoms with Crippen molar-refractivity contribution in [2.45, 2.75) is 19.3 Å². The van der Waals surface area contributed by atoms with Crippen LogP contribution in [-0.2, 0) is 14.8 Å². The van der Waals surface area contributed by atoms with Crippen LogP contribution in [0.4, 0.5) is 11.4 Å². The molecule has 0 spiro atoms. The van der Waals surface area contributed by atoms with Crippen LogP contribution < -0.4 is 14.9 Å². The van der Waals surface area contributed by atoms with Crippen LogP contribution in [0.1, 0.15) is 40.0 Å². The number of rotatable bonds is 8. The number of nitrogens with zero attached hydrogens (tertiary/aromatic N) is 1. The molecule has 0 unspecified atom stereocenters. The second-order valence-corrected chi connectivity index (χ2v) is 9.26. The molecule has 8 nitrogen and oxygen atoms in total. The van der Waals surface area contributed by atoms with E-state index in [1.54, 1.807) is 55.6 Å². The topological polar surface area (TPSA) is 105 Å². The zero-order valence-corrected chi connectivity index (χ0v) is 18.3. The van der Waals surface area contributed by atoms with Gasteiger partial charge in [0.15, 0.2) is 0 Å². The first-order valence-electron chi connectivity index (χ1n) is 10.2. The summed E-state index contributed by atoms with van der Waals surface area (Å²) in [6.07, 6.45) is 2.17. The van der Waals surface area contributed by atoms with Gasteiger partial charge in [-0.15, -0.1) is 0 Å². The van der Waals surface area contributed by atoms with Crippen LogP contribution in [0.3, 0.4) is 0 Å². The average Bonchev–Trinajstić information content (AvgIpc) is 2.77. The highest BCUT2D eigenvalue weighted by molar-refractivity contribution is 7.92. The van der Waals surface area contributed by atoms with Gasteiger partial charge in [-0.3, -0.25) is 13.9 Å². The van der Waals surface area contributed by atoms with Crippen molar-refractivity contribution >= 4 is 33.2 Å². The Morgan fingerprint density at radius 1 is 1.03 bits per heavy atom. The summed E-state index contributed by atoms with van der Waals surface area (Å²) < 4.78 is 30.9. The van der Waals surface area contributed by atoms with Gasteiger partial charge in [0, 0.05) is 32.4 Å². The summed E-state index contributed by atoms with van der Waals surface area (Å²) in [4.78, 5) is 25.2. The lowest BCUT2D eigenvalue weighted by Crippen LogP contribution is -2.37. The van der Waals surface area contributed by atoms with E-state index in [1.807, 2.05) is 0 Å². The van der Waals surface area contributed by atoms with Gasteiger partial charge in [0.25, 0.3) is 11.8 Å². The minimum absolute atomic E-state index is 0.138. The van der Waals surface area contributed by atoms with Gasteiger partial charge in [-0.1, -0.05) is 12.1 Å². The third-order valence-electron chi connectivity index (χ3n) is 5.00. The second kappa shape index (κ2) is 10.4. The van der Waals surface area contributed by atoms with E-state index in [9.17, 15) is 18.0 Å². The van der Waals surface area contributed by atoms with E-state index in [1.165, 1.54) is 4.31 Å². The van der Waals surface area contributed by atoms with Crippen molar-refractivity contribution < 1.29 is 22.7 Å². The number of benzene rings is 2. The van der Waals surface area contributed by atoms with Crippen LogP contribution in [0.25, 0.3) is 0 Å². The first kappa shape index (κ1) is 22.8. The molecule has 31 heavy (non-hydrogen) atoms. The Balaban J connectivity index is 1.69. The Morgan fingerprint density at radius 2 is 1.77 bits per heavy atom. The molecule has 0 radical (unpaired) electrons. The number of ether oxygens (including phenoxy) is 1. The lowest BCUT2D eigenvalue weighted by molar-refractivity contribution is 0.0949. The van der Waals surface area contributed by atoms with Crippen molar-refractivity contribution in [3.8, 4) is 0 Å². The molecule has 166 valence electrons. The molecule has 0 bridgehead atoms. The largest absolute Gasteiger partial charge is 0.385 e. The van der Waals surface area contributed by atoms with E-state index in [-0.39, 0.29) is 17.6 Å². The zero-order valence-electron chi connectivity index (χ0n) is 17.5. The molecule has 0 saturated carbocycles. The number of para-hydroxylation sites is 1. The van der Waals surface area contributed by atoms with Gasteiger partial charge in [-0.05, 0) is 55.7 Å². The number of nitrogens with one attached hydrogen (secondary N) is 2. The maximum atomic E-state index is 12.7. The zero-order chi connectivity index (χ0) is 22.3. The Morgan fingerprint density at radius 3 is 2.48 bits per heavy atom. The SMILES string of the molecule is COCCCNC(=O)c1ccccc1NC(=O)c1ccc(N2CCCCS2(=O)=O)cc1. The van der Waals surface area contributed by atoms with Crippen molar-refractivity contribution in [2.75, 3.05) is 42.2 Å². The first-order chi connectivity index (χ1) is 14.9. The third-order valence-corrected chi connectivity index (χ3v) is 6.87. The Bertz CT molecular complexity index is 1020. The first-order valence-corrected chi connectivity index (χ1v) is 11.8. The average molecular weight is 446 g/mol. The number of anilines is 2. The number of hydrogen-bond acceptors (Lipinski definition) is 5. The number of hydrogen-bond donors (Lipinski definition) is 2. The number of sulfonamides is 1. The van der Waals surface area contributed by atoms with Crippen molar-refractivity contribution in [2.24, 2.45) is 0 Å². The molecule has 1 saturated heterocycles. The van der Waals surface area contributed by atoms with Crippen molar-refractivity contribution in [3.63, 3.8) is 0 Å². The minimum atomic E-state index is -3.30. The normalized spacial score (nSPS) is 15.3. The van der Waals surface area contributed by atoms with Crippen LogP contribution in [-0.4, -0.2) is 52.8 Å². The molecule has 1 heterocycles. The highest BCUT2D eigenvalue weighted by atomic mass is 32.2. The summed E-state index contributed by atoms with van der Waals surface area (Å²) in [5.74, 6) is -0.523. The predicted octanol–water partition coefficient (Wildman–Crippen LogP) is 2.64.